The maximum atomic E-state index is 12.3. The van der Waals surface area contributed by atoms with Crippen molar-refractivity contribution < 1.29 is 13.2 Å². The monoisotopic (exact) mass is 303 g/mol. The zero-order chi connectivity index (χ0) is 14.8. The number of hydrogen-bond acceptors (Lipinski definition) is 4. The lowest BCUT2D eigenvalue weighted by atomic mass is 10.1. The maximum Gasteiger partial charge on any atom is 0.320 e. The zero-order valence-electron chi connectivity index (χ0n) is 12.3. The first kappa shape index (κ1) is 15.6. The van der Waals surface area contributed by atoms with E-state index in [0.29, 0.717) is 19.1 Å². The number of nitrogens with zero attached hydrogens (tertiary/aromatic N) is 2. The first-order valence-electron chi connectivity index (χ1n) is 7.39. The van der Waals surface area contributed by atoms with Crippen molar-refractivity contribution in [2.24, 2.45) is 0 Å². The van der Waals surface area contributed by atoms with E-state index < -0.39 is 9.84 Å². The molecule has 2 amide bonds. The van der Waals surface area contributed by atoms with Crippen LogP contribution in [0.2, 0.25) is 0 Å². The van der Waals surface area contributed by atoms with Crippen molar-refractivity contribution in [1.29, 1.82) is 0 Å². The minimum Gasteiger partial charge on any atom is -0.322 e. The standard InChI is InChI=1S/C13H25N3O3S/c1-11(2)20(18,19)10-9-15-7-8-16(13(15)17)12-3-5-14-6-4-12/h11-12,14H,3-10H2,1-2H3. The molecule has 2 heterocycles. The first-order chi connectivity index (χ1) is 9.42. The Labute approximate surface area is 121 Å². The molecule has 0 radical (unpaired) electrons. The Balaban J connectivity index is 1.88. The van der Waals surface area contributed by atoms with Crippen molar-refractivity contribution in [1.82, 2.24) is 15.1 Å². The molecule has 2 aliphatic rings. The summed E-state index contributed by atoms with van der Waals surface area (Å²) in [5.41, 5.74) is 0. The molecule has 0 aromatic heterocycles. The lowest BCUT2D eigenvalue weighted by Crippen LogP contribution is -2.45. The predicted molar refractivity (Wildman–Crippen MR) is 78.5 cm³/mol. The normalized spacial score (nSPS) is 22.1. The van der Waals surface area contributed by atoms with Crippen molar-refractivity contribution >= 4 is 15.9 Å². The van der Waals surface area contributed by atoms with Gasteiger partial charge in [0.1, 0.15) is 0 Å². The third-order valence-electron chi connectivity index (χ3n) is 4.24. The fourth-order valence-electron chi connectivity index (χ4n) is 2.74. The fraction of sp³-hybridized carbons (Fsp3) is 0.923. The Kier molecular flexibility index (Phi) is 4.90. The van der Waals surface area contributed by atoms with E-state index in [1.54, 1.807) is 18.7 Å². The number of piperidine rings is 1. The van der Waals surface area contributed by atoms with E-state index in [2.05, 4.69) is 5.32 Å². The van der Waals surface area contributed by atoms with E-state index in [4.69, 9.17) is 0 Å². The summed E-state index contributed by atoms with van der Waals surface area (Å²) in [5.74, 6) is 0.0659. The van der Waals surface area contributed by atoms with Crippen LogP contribution in [0.3, 0.4) is 0 Å². The van der Waals surface area contributed by atoms with E-state index in [1.165, 1.54) is 0 Å². The summed E-state index contributed by atoms with van der Waals surface area (Å²) in [4.78, 5) is 15.9. The van der Waals surface area contributed by atoms with Gasteiger partial charge in [0.2, 0.25) is 0 Å². The quantitative estimate of drug-likeness (QED) is 0.793. The molecule has 2 saturated heterocycles. The molecule has 2 fully saturated rings. The van der Waals surface area contributed by atoms with Gasteiger partial charge in [-0.05, 0) is 39.8 Å². The van der Waals surface area contributed by atoms with E-state index in [9.17, 15) is 13.2 Å². The molecule has 0 atom stereocenters. The van der Waals surface area contributed by atoms with E-state index in [0.717, 1.165) is 32.5 Å². The molecule has 6 nitrogen and oxygen atoms in total. The summed E-state index contributed by atoms with van der Waals surface area (Å²) in [6.45, 7) is 6.97. The highest BCUT2D eigenvalue weighted by Gasteiger charge is 2.34. The molecule has 0 unspecified atom stereocenters. The predicted octanol–water partition coefficient (Wildman–Crippen LogP) is 0.299. The van der Waals surface area contributed by atoms with Gasteiger partial charge < -0.3 is 15.1 Å². The van der Waals surface area contributed by atoms with Crippen LogP contribution in [0, 0.1) is 0 Å². The summed E-state index contributed by atoms with van der Waals surface area (Å²) in [7, 11) is -3.07. The number of sulfone groups is 1. The number of carbonyl (C=O) groups excluding carboxylic acids is 1. The minimum absolute atomic E-state index is 0.0101. The number of carbonyl (C=O) groups is 1. The number of rotatable bonds is 5. The smallest absolute Gasteiger partial charge is 0.320 e. The molecule has 0 bridgehead atoms. The zero-order valence-corrected chi connectivity index (χ0v) is 13.2. The van der Waals surface area contributed by atoms with Crippen molar-refractivity contribution in [2.45, 2.75) is 38.0 Å². The Bertz CT molecular complexity index is 444. The molecule has 20 heavy (non-hydrogen) atoms. The largest absolute Gasteiger partial charge is 0.322 e. The molecule has 2 aliphatic heterocycles. The highest BCUT2D eigenvalue weighted by atomic mass is 32.2. The molecule has 116 valence electrons. The molecular formula is C13H25N3O3S. The highest BCUT2D eigenvalue weighted by Crippen LogP contribution is 2.18. The first-order valence-corrected chi connectivity index (χ1v) is 9.11. The molecule has 0 spiro atoms. The summed E-state index contributed by atoms with van der Waals surface area (Å²) < 4.78 is 23.6. The van der Waals surface area contributed by atoms with Crippen LogP contribution in [-0.4, -0.2) is 74.0 Å². The third kappa shape index (κ3) is 3.44. The molecule has 0 aromatic carbocycles. The molecule has 7 heteroatoms. The Hall–Kier alpha value is -0.820. The van der Waals surface area contributed by atoms with E-state index in [-0.39, 0.29) is 17.0 Å². The van der Waals surface area contributed by atoms with Crippen LogP contribution < -0.4 is 5.32 Å². The summed E-state index contributed by atoms with van der Waals surface area (Å²) in [6.07, 6.45) is 1.98. The molecule has 2 rings (SSSR count). The lowest BCUT2D eigenvalue weighted by Gasteiger charge is -2.31. The van der Waals surface area contributed by atoms with Crippen molar-refractivity contribution in [2.75, 3.05) is 38.5 Å². The lowest BCUT2D eigenvalue weighted by molar-refractivity contribution is 0.167. The summed E-state index contributed by atoms with van der Waals surface area (Å²) in [6, 6.07) is 0.325. The van der Waals surface area contributed by atoms with Gasteiger partial charge in [-0.1, -0.05) is 0 Å². The Morgan fingerprint density at radius 2 is 1.90 bits per heavy atom. The van der Waals surface area contributed by atoms with Gasteiger partial charge in [0.15, 0.2) is 9.84 Å². The number of urea groups is 1. The second kappa shape index (κ2) is 6.30. The molecular weight excluding hydrogens is 278 g/mol. The SMILES string of the molecule is CC(C)S(=O)(=O)CCN1CCN(C2CCNCC2)C1=O. The molecule has 1 N–H and O–H groups in total. The Morgan fingerprint density at radius 1 is 1.25 bits per heavy atom. The highest BCUT2D eigenvalue weighted by molar-refractivity contribution is 7.92. The minimum atomic E-state index is -3.07. The second-order valence-electron chi connectivity index (χ2n) is 5.86. The van der Waals surface area contributed by atoms with Crippen LogP contribution in [0.1, 0.15) is 26.7 Å². The average Bonchev–Trinajstić information content (AvgIpc) is 2.79. The average molecular weight is 303 g/mol. The van der Waals surface area contributed by atoms with Crippen LogP contribution in [0.5, 0.6) is 0 Å². The number of amides is 2. The van der Waals surface area contributed by atoms with E-state index in [1.807, 2.05) is 4.90 Å². The van der Waals surface area contributed by atoms with Gasteiger partial charge in [0.05, 0.1) is 11.0 Å². The van der Waals surface area contributed by atoms with Crippen LogP contribution in [0.25, 0.3) is 0 Å². The Morgan fingerprint density at radius 3 is 2.50 bits per heavy atom. The van der Waals surface area contributed by atoms with Gasteiger partial charge in [-0.25, -0.2) is 13.2 Å². The molecule has 0 aliphatic carbocycles. The van der Waals surface area contributed by atoms with Gasteiger partial charge >= 0.3 is 6.03 Å². The van der Waals surface area contributed by atoms with Crippen LogP contribution in [-0.2, 0) is 9.84 Å². The fourth-order valence-corrected chi connectivity index (χ4v) is 3.69. The number of nitrogens with one attached hydrogen (secondary N) is 1. The van der Waals surface area contributed by atoms with Gasteiger partial charge in [0.25, 0.3) is 0 Å². The molecule has 0 saturated carbocycles. The van der Waals surface area contributed by atoms with E-state index >= 15 is 0 Å². The van der Waals surface area contributed by atoms with Crippen molar-refractivity contribution in [3.63, 3.8) is 0 Å². The topological polar surface area (TPSA) is 69.7 Å². The van der Waals surface area contributed by atoms with Crippen LogP contribution >= 0.6 is 0 Å². The summed E-state index contributed by atoms with van der Waals surface area (Å²) in [5, 5.41) is 2.92. The third-order valence-corrected chi connectivity index (χ3v) is 6.43. The van der Waals surface area contributed by atoms with Crippen LogP contribution in [0.4, 0.5) is 4.79 Å². The van der Waals surface area contributed by atoms with Gasteiger partial charge in [0, 0.05) is 25.7 Å². The van der Waals surface area contributed by atoms with Crippen molar-refractivity contribution in [3.8, 4) is 0 Å². The summed E-state index contributed by atoms with van der Waals surface area (Å²) >= 11 is 0. The molecule has 0 aromatic rings. The van der Waals surface area contributed by atoms with Gasteiger partial charge in [-0.3, -0.25) is 0 Å². The van der Waals surface area contributed by atoms with Crippen LogP contribution in [0.15, 0.2) is 0 Å². The van der Waals surface area contributed by atoms with Crippen molar-refractivity contribution in [3.05, 3.63) is 0 Å². The van der Waals surface area contributed by atoms with Gasteiger partial charge in [-0.15, -0.1) is 0 Å². The number of hydrogen-bond donors (Lipinski definition) is 1. The maximum absolute atomic E-state index is 12.3. The van der Waals surface area contributed by atoms with Gasteiger partial charge in [-0.2, -0.15) is 0 Å². The second-order valence-corrected chi connectivity index (χ2v) is 8.54.